The molecule has 4 aromatic carbocycles. The SMILES string of the molecule is CC(C)(C)C(=O)N(CCOc1ccc(C[C@H](Nc2ccccc2C(=O)c2ccccc2)C(=O)O)cc1)c1ccc(Cl)cc1. The Morgan fingerprint density at radius 1 is 0.860 bits per heavy atom. The van der Waals surface area contributed by atoms with Crippen LogP contribution in [0.5, 0.6) is 5.75 Å². The van der Waals surface area contributed by atoms with Gasteiger partial charge in [0.25, 0.3) is 0 Å². The lowest BCUT2D eigenvalue weighted by atomic mass is 9.94. The highest BCUT2D eigenvalue weighted by Gasteiger charge is 2.28. The summed E-state index contributed by atoms with van der Waals surface area (Å²) < 4.78 is 5.94. The molecule has 7 nitrogen and oxygen atoms in total. The Labute approximate surface area is 257 Å². The van der Waals surface area contributed by atoms with Gasteiger partial charge in [-0.3, -0.25) is 9.59 Å². The first-order chi connectivity index (χ1) is 20.5. The van der Waals surface area contributed by atoms with E-state index in [0.717, 1.165) is 11.3 Å². The molecule has 0 aromatic heterocycles. The molecule has 0 spiro atoms. The molecule has 2 N–H and O–H groups in total. The molecular formula is C35H35ClN2O5. The average Bonchev–Trinajstić information content (AvgIpc) is 3.00. The van der Waals surface area contributed by atoms with Gasteiger partial charge in [-0.15, -0.1) is 0 Å². The van der Waals surface area contributed by atoms with Crippen LogP contribution in [0, 0.1) is 5.41 Å². The summed E-state index contributed by atoms with van der Waals surface area (Å²) in [4.78, 5) is 40.1. The van der Waals surface area contributed by atoms with Gasteiger partial charge >= 0.3 is 5.97 Å². The summed E-state index contributed by atoms with van der Waals surface area (Å²) in [5, 5.41) is 13.6. The maximum absolute atomic E-state index is 13.1. The number of carbonyl (C=O) groups is 3. The zero-order chi connectivity index (χ0) is 31.0. The quantitative estimate of drug-likeness (QED) is 0.168. The number of benzene rings is 4. The van der Waals surface area contributed by atoms with E-state index in [-0.39, 0.29) is 24.7 Å². The van der Waals surface area contributed by atoms with Gasteiger partial charge in [-0.1, -0.05) is 87.0 Å². The van der Waals surface area contributed by atoms with Crippen molar-refractivity contribution >= 4 is 40.6 Å². The first kappa shape index (κ1) is 31.3. The van der Waals surface area contributed by atoms with Crippen LogP contribution in [0.2, 0.25) is 5.02 Å². The fourth-order valence-electron chi connectivity index (χ4n) is 4.53. The van der Waals surface area contributed by atoms with Gasteiger partial charge < -0.3 is 20.1 Å². The summed E-state index contributed by atoms with van der Waals surface area (Å²) in [6.45, 7) is 6.21. The third-order valence-electron chi connectivity index (χ3n) is 6.81. The van der Waals surface area contributed by atoms with Crippen molar-refractivity contribution in [2.45, 2.75) is 33.2 Å². The van der Waals surface area contributed by atoms with Crippen LogP contribution in [0.3, 0.4) is 0 Å². The van der Waals surface area contributed by atoms with E-state index in [0.29, 0.717) is 34.1 Å². The standard InChI is InChI=1S/C35H35ClN2O5/c1-35(2,3)34(42)38(27-17-15-26(36)16-18-27)21-22-43-28-19-13-24(14-20-28)23-31(33(40)41)37-30-12-8-7-11-29(30)32(39)25-9-5-4-6-10-25/h4-20,31,37H,21-23H2,1-3H3,(H,40,41)/t31-/m0/s1. The number of amides is 1. The summed E-state index contributed by atoms with van der Waals surface area (Å²) in [5.74, 6) is -0.657. The predicted octanol–water partition coefficient (Wildman–Crippen LogP) is 7.14. The molecule has 0 heterocycles. The van der Waals surface area contributed by atoms with Gasteiger partial charge in [0.2, 0.25) is 5.91 Å². The van der Waals surface area contributed by atoms with E-state index in [1.165, 1.54) is 0 Å². The van der Waals surface area contributed by atoms with Gasteiger partial charge in [0, 0.05) is 39.4 Å². The molecule has 4 rings (SSSR count). The minimum Gasteiger partial charge on any atom is -0.492 e. The smallest absolute Gasteiger partial charge is 0.326 e. The van der Waals surface area contributed by atoms with Crippen LogP contribution in [0.4, 0.5) is 11.4 Å². The van der Waals surface area contributed by atoms with Crippen LogP contribution in [-0.2, 0) is 16.0 Å². The number of carboxylic acids is 1. The summed E-state index contributed by atoms with van der Waals surface area (Å²) >= 11 is 6.04. The molecule has 0 radical (unpaired) electrons. The molecule has 8 heteroatoms. The van der Waals surface area contributed by atoms with Crippen LogP contribution >= 0.6 is 11.6 Å². The number of halogens is 1. The molecule has 1 amide bonds. The zero-order valence-electron chi connectivity index (χ0n) is 24.4. The Hall–Kier alpha value is -4.62. The van der Waals surface area contributed by atoms with Crippen molar-refractivity contribution in [1.82, 2.24) is 0 Å². The van der Waals surface area contributed by atoms with Crippen molar-refractivity contribution in [3.63, 3.8) is 0 Å². The molecule has 0 aliphatic heterocycles. The van der Waals surface area contributed by atoms with Crippen LogP contribution in [0.15, 0.2) is 103 Å². The Bertz CT molecular complexity index is 1550. The van der Waals surface area contributed by atoms with Crippen LogP contribution in [0.1, 0.15) is 42.3 Å². The normalized spacial score (nSPS) is 11.8. The summed E-state index contributed by atoms with van der Waals surface area (Å²) in [6.07, 6.45) is 0.188. The molecule has 0 aliphatic rings. The molecule has 0 saturated carbocycles. The highest BCUT2D eigenvalue weighted by molar-refractivity contribution is 6.30. The lowest BCUT2D eigenvalue weighted by molar-refractivity contribution is -0.137. The number of hydrogen-bond donors (Lipinski definition) is 2. The summed E-state index contributed by atoms with van der Waals surface area (Å²) in [7, 11) is 0. The van der Waals surface area contributed by atoms with E-state index < -0.39 is 17.4 Å². The number of carboxylic acid groups (broad SMARTS) is 1. The van der Waals surface area contributed by atoms with Gasteiger partial charge in [0.15, 0.2) is 5.78 Å². The van der Waals surface area contributed by atoms with Crippen LogP contribution in [0.25, 0.3) is 0 Å². The third-order valence-corrected chi connectivity index (χ3v) is 7.06. The van der Waals surface area contributed by atoms with Gasteiger partial charge in [0.05, 0.1) is 6.54 Å². The number of aliphatic carboxylic acids is 1. The molecule has 0 saturated heterocycles. The molecule has 4 aromatic rings. The fourth-order valence-corrected chi connectivity index (χ4v) is 4.65. The van der Waals surface area contributed by atoms with E-state index >= 15 is 0 Å². The number of ether oxygens (including phenoxy) is 1. The zero-order valence-corrected chi connectivity index (χ0v) is 25.2. The summed E-state index contributed by atoms with van der Waals surface area (Å²) in [5.41, 5.74) is 2.33. The molecule has 0 aliphatic carbocycles. The summed E-state index contributed by atoms with van der Waals surface area (Å²) in [6, 6.07) is 29.1. The number of carbonyl (C=O) groups excluding carboxylic acids is 2. The van der Waals surface area contributed by atoms with Crippen molar-refractivity contribution in [1.29, 1.82) is 0 Å². The molecule has 222 valence electrons. The van der Waals surface area contributed by atoms with Gasteiger partial charge in [-0.25, -0.2) is 4.79 Å². The highest BCUT2D eigenvalue weighted by Crippen LogP contribution is 2.25. The minimum atomic E-state index is -1.03. The topological polar surface area (TPSA) is 95.9 Å². The number of ketones is 1. The first-order valence-electron chi connectivity index (χ1n) is 14.0. The Morgan fingerprint density at radius 3 is 2.12 bits per heavy atom. The maximum Gasteiger partial charge on any atom is 0.326 e. The number of hydrogen-bond acceptors (Lipinski definition) is 5. The second kappa shape index (κ2) is 14.0. The first-order valence-corrected chi connectivity index (χ1v) is 14.4. The van der Waals surface area contributed by atoms with E-state index in [1.54, 1.807) is 77.7 Å². The van der Waals surface area contributed by atoms with E-state index in [1.807, 2.05) is 51.1 Å². The van der Waals surface area contributed by atoms with Crippen molar-refractivity contribution < 1.29 is 24.2 Å². The van der Waals surface area contributed by atoms with Gasteiger partial charge in [-0.05, 0) is 54.1 Å². The average molecular weight is 599 g/mol. The van der Waals surface area contributed by atoms with Crippen molar-refractivity contribution in [3.8, 4) is 5.75 Å². The van der Waals surface area contributed by atoms with Crippen molar-refractivity contribution in [2.24, 2.45) is 5.41 Å². The second-order valence-electron chi connectivity index (χ2n) is 11.2. The molecule has 43 heavy (non-hydrogen) atoms. The second-order valence-corrected chi connectivity index (χ2v) is 11.6. The maximum atomic E-state index is 13.1. The molecular weight excluding hydrogens is 564 g/mol. The van der Waals surface area contributed by atoms with E-state index in [4.69, 9.17) is 16.3 Å². The predicted molar refractivity (Wildman–Crippen MR) is 170 cm³/mol. The van der Waals surface area contributed by atoms with Crippen LogP contribution in [-0.4, -0.2) is 42.0 Å². The van der Waals surface area contributed by atoms with Crippen molar-refractivity contribution in [2.75, 3.05) is 23.4 Å². The Kier molecular flexibility index (Phi) is 10.2. The van der Waals surface area contributed by atoms with E-state index in [9.17, 15) is 19.5 Å². The number of anilines is 2. The molecule has 0 fully saturated rings. The van der Waals surface area contributed by atoms with Gasteiger partial charge in [0.1, 0.15) is 18.4 Å². The number of rotatable bonds is 12. The Morgan fingerprint density at radius 2 is 1.49 bits per heavy atom. The highest BCUT2D eigenvalue weighted by atomic mass is 35.5. The molecule has 1 atom stereocenters. The minimum absolute atomic E-state index is 0.0342. The number of nitrogens with one attached hydrogen (secondary N) is 1. The van der Waals surface area contributed by atoms with Crippen molar-refractivity contribution in [3.05, 3.63) is 125 Å². The third kappa shape index (κ3) is 8.46. The molecule has 0 bridgehead atoms. The fraction of sp³-hybridized carbons (Fsp3) is 0.229. The lowest BCUT2D eigenvalue weighted by Crippen LogP contribution is -2.41. The van der Waals surface area contributed by atoms with Gasteiger partial charge in [-0.2, -0.15) is 0 Å². The monoisotopic (exact) mass is 598 g/mol. The number of nitrogens with zero attached hydrogens (tertiary/aromatic N) is 1. The van der Waals surface area contributed by atoms with Crippen LogP contribution < -0.4 is 15.0 Å². The molecule has 0 unspecified atom stereocenters. The Balaban J connectivity index is 1.40. The lowest BCUT2D eigenvalue weighted by Gasteiger charge is -2.29. The van der Waals surface area contributed by atoms with E-state index in [2.05, 4.69) is 5.32 Å². The number of para-hydroxylation sites is 1. The largest absolute Gasteiger partial charge is 0.492 e.